The summed E-state index contributed by atoms with van der Waals surface area (Å²) in [6.45, 7) is 8.44. The molecule has 0 saturated heterocycles. The third kappa shape index (κ3) is 5.14. The standard InChI is InChI=1S/C11H23NO3/c1-10(2,3)9(13)12-7-11(4,15-6)8-14-5/h7-8H2,1-6H3,(H,12,13)/t11-/m1/s1. The van der Waals surface area contributed by atoms with Crippen LogP contribution < -0.4 is 5.32 Å². The molecule has 0 aliphatic carbocycles. The fourth-order valence-electron chi connectivity index (χ4n) is 1.02. The molecule has 0 aliphatic rings. The van der Waals surface area contributed by atoms with Crippen molar-refractivity contribution in [1.29, 1.82) is 0 Å². The maximum atomic E-state index is 11.6. The zero-order valence-corrected chi connectivity index (χ0v) is 10.6. The number of nitrogens with one attached hydrogen (secondary N) is 1. The number of hydrogen-bond donors (Lipinski definition) is 1. The van der Waals surface area contributed by atoms with Gasteiger partial charge in [-0.25, -0.2) is 0 Å². The number of ether oxygens (including phenoxy) is 2. The van der Waals surface area contributed by atoms with Gasteiger partial charge in [0.2, 0.25) is 5.91 Å². The lowest BCUT2D eigenvalue weighted by atomic mass is 9.95. The Kier molecular flexibility index (Phi) is 5.24. The van der Waals surface area contributed by atoms with Gasteiger partial charge in [-0.05, 0) is 6.92 Å². The number of carbonyl (C=O) groups is 1. The number of carbonyl (C=O) groups excluding carboxylic acids is 1. The van der Waals surface area contributed by atoms with Crippen LogP contribution in [0, 0.1) is 5.41 Å². The van der Waals surface area contributed by atoms with E-state index in [1.165, 1.54) is 0 Å². The van der Waals surface area contributed by atoms with Crippen LogP contribution in [-0.4, -0.2) is 38.9 Å². The van der Waals surface area contributed by atoms with Crippen LogP contribution in [-0.2, 0) is 14.3 Å². The van der Waals surface area contributed by atoms with E-state index in [0.29, 0.717) is 13.2 Å². The van der Waals surface area contributed by atoms with Crippen molar-refractivity contribution >= 4 is 5.91 Å². The van der Waals surface area contributed by atoms with Crippen LogP contribution in [0.5, 0.6) is 0 Å². The Balaban J connectivity index is 4.18. The molecule has 0 unspecified atom stereocenters. The number of methoxy groups -OCH3 is 2. The molecular weight excluding hydrogens is 194 g/mol. The molecule has 0 fully saturated rings. The topological polar surface area (TPSA) is 47.6 Å². The van der Waals surface area contributed by atoms with E-state index in [0.717, 1.165) is 0 Å². The fraction of sp³-hybridized carbons (Fsp3) is 0.909. The van der Waals surface area contributed by atoms with Gasteiger partial charge in [0, 0.05) is 26.2 Å². The van der Waals surface area contributed by atoms with Gasteiger partial charge < -0.3 is 14.8 Å². The molecule has 0 heterocycles. The van der Waals surface area contributed by atoms with Crippen LogP contribution >= 0.6 is 0 Å². The lowest BCUT2D eigenvalue weighted by Gasteiger charge is -2.29. The van der Waals surface area contributed by atoms with E-state index in [4.69, 9.17) is 9.47 Å². The molecule has 0 radical (unpaired) electrons. The summed E-state index contributed by atoms with van der Waals surface area (Å²) in [7, 11) is 3.23. The van der Waals surface area contributed by atoms with E-state index >= 15 is 0 Å². The molecule has 0 aliphatic heterocycles. The van der Waals surface area contributed by atoms with Gasteiger partial charge >= 0.3 is 0 Å². The largest absolute Gasteiger partial charge is 0.382 e. The molecule has 0 bridgehead atoms. The molecule has 0 saturated carbocycles. The molecule has 0 aromatic carbocycles. The molecule has 4 heteroatoms. The summed E-state index contributed by atoms with van der Waals surface area (Å²) in [5.74, 6) is 0.0156. The lowest BCUT2D eigenvalue weighted by Crippen LogP contribution is -2.48. The first-order valence-electron chi connectivity index (χ1n) is 5.07. The predicted molar refractivity (Wildman–Crippen MR) is 59.8 cm³/mol. The first-order valence-corrected chi connectivity index (χ1v) is 5.07. The van der Waals surface area contributed by atoms with Crippen molar-refractivity contribution in [3.63, 3.8) is 0 Å². The predicted octanol–water partition coefficient (Wildman–Crippen LogP) is 1.20. The van der Waals surface area contributed by atoms with E-state index in [2.05, 4.69) is 5.32 Å². The third-order valence-electron chi connectivity index (χ3n) is 2.25. The molecule has 15 heavy (non-hydrogen) atoms. The average molecular weight is 217 g/mol. The van der Waals surface area contributed by atoms with Gasteiger partial charge in [0.05, 0.1) is 6.61 Å². The summed E-state index contributed by atoms with van der Waals surface area (Å²) in [6, 6.07) is 0. The van der Waals surface area contributed by atoms with Crippen LogP contribution in [0.1, 0.15) is 27.7 Å². The summed E-state index contributed by atoms with van der Waals surface area (Å²) in [5.41, 5.74) is -0.836. The number of amides is 1. The van der Waals surface area contributed by atoms with Crippen molar-refractivity contribution in [1.82, 2.24) is 5.32 Å². The Morgan fingerprint density at radius 2 is 1.73 bits per heavy atom. The highest BCUT2D eigenvalue weighted by Crippen LogP contribution is 2.14. The van der Waals surface area contributed by atoms with Crippen molar-refractivity contribution < 1.29 is 14.3 Å². The lowest BCUT2D eigenvalue weighted by molar-refractivity contribution is -0.130. The fourth-order valence-corrected chi connectivity index (χ4v) is 1.02. The van der Waals surface area contributed by atoms with Crippen LogP contribution in [0.3, 0.4) is 0 Å². The Morgan fingerprint density at radius 1 is 1.20 bits per heavy atom. The van der Waals surface area contributed by atoms with Crippen LogP contribution in [0.15, 0.2) is 0 Å². The normalized spacial score (nSPS) is 15.9. The van der Waals surface area contributed by atoms with Gasteiger partial charge in [-0.3, -0.25) is 4.79 Å². The quantitative estimate of drug-likeness (QED) is 0.752. The minimum Gasteiger partial charge on any atom is -0.382 e. The van der Waals surface area contributed by atoms with Crippen LogP contribution in [0.4, 0.5) is 0 Å². The maximum Gasteiger partial charge on any atom is 0.225 e. The summed E-state index contributed by atoms with van der Waals surface area (Å²) in [6.07, 6.45) is 0. The molecular formula is C11H23NO3. The Morgan fingerprint density at radius 3 is 2.07 bits per heavy atom. The Hall–Kier alpha value is -0.610. The number of rotatable bonds is 5. The van der Waals surface area contributed by atoms with Gasteiger partial charge in [-0.2, -0.15) is 0 Å². The smallest absolute Gasteiger partial charge is 0.225 e. The molecule has 4 nitrogen and oxygen atoms in total. The first-order chi connectivity index (χ1) is 6.75. The van der Waals surface area contributed by atoms with E-state index < -0.39 is 5.60 Å². The maximum absolute atomic E-state index is 11.6. The molecule has 1 N–H and O–H groups in total. The molecule has 0 rings (SSSR count). The third-order valence-corrected chi connectivity index (χ3v) is 2.25. The Labute approximate surface area is 92.3 Å². The average Bonchev–Trinajstić information content (AvgIpc) is 2.13. The van der Waals surface area contributed by atoms with Crippen molar-refractivity contribution in [2.24, 2.45) is 5.41 Å². The minimum atomic E-state index is -0.463. The summed E-state index contributed by atoms with van der Waals surface area (Å²) in [4.78, 5) is 11.6. The highest BCUT2D eigenvalue weighted by Gasteiger charge is 2.27. The van der Waals surface area contributed by atoms with Crippen molar-refractivity contribution in [3.05, 3.63) is 0 Å². The highest BCUT2D eigenvalue weighted by molar-refractivity contribution is 5.81. The summed E-state index contributed by atoms with van der Waals surface area (Å²) >= 11 is 0. The molecule has 1 atom stereocenters. The monoisotopic (exact) mass is 217 g/mol. The zero-order chi connectivity index (χ0) is 12.1. The summed E-state index contributed by atoms with van der Waals surface area (Å²) < 4.78 is 10.3. The number of hydrogen-bond acceptors (Lipinski definition) is 3. The highest BCUT2D eigenvalue weighted by atomic mass is 16.5. The second-order valence-electron chi connectivity index (χ2n) is 5.02. The zero-order valence-electron chi connectivity index (χ0n) is 10.6. The Bertz CT molecular complexity index is 210. The second-order valence-corrected chi connectivity index (χ2v) is 5.02. The first kappa shape index (κ1) is 14.4. The van der Waals surface area contributed by atoms with E-state index in [1.54, 1.807) is 14.2 Å². The van der Waals surface area contributed by atoms with Gasteiger partial charge in [0.25, 0.3) is 0 Å². The van der Waals surface area contributed by atoms with Gasteiger partial charge in [0.15, 0.2) is 0 Å². The minimum absolute atomic E-state index is 0.0156. The molecule has 0 spiro atoms. The van der Waals surface area contributed by atoms with Crippen molar-refractivity contribution in [2.45, 2.75) is 33.3 Å². The second kappa shape index (κ2) is 5.47. The van der Waals surface area contributed by atoms with Gasteiger partial charge in [-0.15, -0.1) is 0 Å². The van der Waals surface area contributed by atoms with Gasteiger partial charge in [-0.1, -0.05) is 20.8 Å². The van der Waals surface area contributed by atoms with E-state index in [1.807, 2.05) is 27.7 Å². The molecule has 0 aromatic rings. The summed E-state index contributed by atoms with van der Waals surface area (Å²) in [5, 5.41) is 2.86. The SMILES string of the molecule is COC[C@@](C)(CNC(=O)C(C)(C)C)OC. The van der Waals surface area contributed by atoms with Crippen LogP contribution in [0.2, 0.25) is 0 Å². The molecule has 0 aromatic heterocycles. The van der Waals surface area contributed by atoms with Crippen molar-refractivity contribution in [2.75, 3.05) is 27.4 Å². The van der Waals surface area contributed by atoms with E-state index in [-0.39, 0.29) is 11.3 Å². The van der Waals surface area contributed by atoms with Crippen molar-refractivity contribution in [3.8, 4) is 0 Å². The van der Waals surface area contributed by atoms with Crippen LogP contribution in [0.25, 0.3) is 0 Å². The van der Waals surface area contributed by atoms with E-state index in [9.17, 15) is 4.79 Å². The molecule has 1 amide bonds. The molecule has 90 valence electrons. The van der Waals surface area contributed by atoms with Gasteiger partial charge in [0.1, 0.15) is 5.60 Å².